The number of furan rings is 1. The summed E-state index contributed by atoms with van der Waals surface area (Å²) in [6, 6.07) is 7.42. The lowest BCUT2D eigenvalue weighted by Crippen LogP contribution is -2.28. The molecule has 1 amide bonds. The van der Waals surface area contributed by atoms with Crippen LogP contribution in [0.15, 0.2) is 45.5 Å². The SMILES string of the molecule is COC(=O)c1c(-c2c(Cl)cccc2Cl)noc1C(=O)NOC(=O)c1ccco1. The Kier molecular flexibility index (Phi) is 5.67. The molecule has 144 valence electrons. The summed E-state index contributed by atoms with van der Waals surface area (Å²) in [4.78, 5) is 40.9. The fourth-order valence-electron chi connectivity index (χ4n) is 2.22. The minimum atomic E-state index is -1.07. The van der Waals surface area contributed by atoms with Crippen LogP contribution in [0, 0.1) is 0 Å². The number of carbonyl (C=O) groups is 3. The van der Waals surface area contributed by atoms with Gasteiger partial charge in [0.25, 0.3) is 0 Å². The number of hydroxylamine groups is 1. The first-order valence-corrected chi connectivity index (χ1v) is 8.27. The molecule has 3 rings (SSSR count). The average molecular weight is 425 g/mol. The summed E-state index contributed by atoms with van der Waals surface area (Å²) in [5.74, 6) is -3.68. The molecule has 0 saturated carbocycles. The van der Waals surface area contributed by atoms with Crippen LogP contribution < -0.4 is 5.48 Å². The lowest BCUT2D eigenvalue weighted by molar-refractivity contribution is 0.0187. The number of methoxy groups -OCH3 is 1. The molecular weight excluding hydrogens is 415 g/mol. The van der Waals surface area contributed by atoms with Gasteiger partial charge in [0.1, 0.15) is 11.3 Å². The molecule has 0 spiro atoms. The Bertz CT molecular complexity index is 1020. The van der Waals surface area contributed by atoms with Crippen molar-refractivity contribution in [2.45, 2.75) is 0 Å². The monoisotopic (exact) mass is 424 g/mol. The summed E-state index contributed by atoms with van der Waals surface area (Å²) < 4.78 is 14.5. The molecule has 0 atom stereocenters. The standard InChI is InChI=1S/C17H10Cl2N2O7/c1-25-17(24)12-13(11-8(18)4-2-5-9(11)19)20-27-14(12)15(22)21-28-16(23)10-6-3-7-26-10/h2-7H,1H3,(H,21,22). The maximum atomic E-state index is 12.3. The van der Waals surface area contributed by atoms with Gasteiger partial charge in [-0.2, -0.15) is 5.48 Å². The van der Waals surface area contributed by atoms with Crippen LogP contribution in [0.2, 0.25) is 10.0 Å². The van der Waals surface area contributed by atoms with Gasteiger partial charge < -0.3 is 18.5 Å². The van der Waals surface area contributed by atoms with Gasteiger partial charge in [0.15, 0.2) is 0 Å². The Hall–Kier alpha value is -3.30. The smallest absolute Gasteiger partial charge is 0.398 e. The maximum Gasteiger partial charge on any atom is 0.398 e. The van der Waals surface area contributed by atoms with E-state index in [0.29, 0.717) is 0 Å². The summed E-state index contributed by atoms with van der Waals surface area (Å²) in [6.07, 6.45) is 1.25. The number of hydrogen-bond acceptors (Lipinski definition) is 8. The molecule has 0 aliphatic rings. The van der Waals surface area contributed by atoms with Crippen molar-refractivity contribution in [2.24, 2.45) is 0 Å². The van der Waals surface area contributed by atoms with Crippen molar-refractivity contribution in [3.05, 3.63) is 63.7 Å². The van der Waals surface area contributed by atoms with Gasteiger partial charge in [0.2, 0.25) is 11.5 Å². The van der Waals surface area contributed by atoms with Crippen LogP contribution in [-0.4, -0.2) is 30.1 Å². The van der Waals surface area contributed by atoms with Crippen LogP contribution >= 0.6 is 23.2 Å². The number of hydrogen-bond donors (Lipinski definition) is 1. The van der Waals surface area contributed by atoms with Gasteiger partial charge in [0.05, 0.1) is 23.4 Å². The Morgan fingerprint density at radius 3 is 2.39 bits per heavy atom. The van der Waals surface area contributed by atoms with E-state index in [-0.39, 0.29) is 32.6 Å². The number of ether oxygens (including phenoxy) is 1. The van der Waals surface area contributed by atoms with Crippen molar-refractivity contribution in [1.29, 1.82) is 0 Å². The van der Waals surface area contributed by atoms with Gasteiger partial charge in [-0.3, -0.25) is 4.79 Å². The van der Waals surface area contributed by atoms with E-state index in [4.69, 9.17) is 32.1 Å². The van der Waals surface area contributed by atoms with E-state index in [1.54, 1.807) is 6.07 Å². The highest BCUT2D eigenvalue weighted by Gasteiger charge is 2.32. The van der Waals surface area contributed by atoms with Crippen LogP contribution in [-0.2, 0) is 9.57 Å². The first-order valence-electron chi connectivity index (χ1n) is 7.51. The number of amides is 1. The number of rotatable bonds is 4. The lowest BCUT2D eigenvalue weighted by atomic mass is 10.1. The molecular formula is C17H10Cl2N2O7. The molecule has 0 aliphatic heterocycles. The molecule has 9 nitrogen and oxygen atoms in total. The average Bonchev–Trinajstić information content (AvgIpc) is 3.35. The van der Waals surface area contributed by atoms with E-state index < -0.39 is 23.6 Å². The molecule has 28 heavy (non-hydrogen) atoms. The van der Waals surface area contributed by atoms with E-state index in [0.717, 1.165) is 7.11 Å². The highest BCUT2D eigenvalue weighted by molar-refractivity contribution is 6.39. The van der Waals surface area contributed by atoms with Crippen molar-refractivity contribution in [2.75, 3.05) is 7.11 Å². The molecule has 0 bridgehead atoms. The lowest BCUT2D eigenvalue weighted by Gasteiger charge is -2.06. The van der Waals surface area contributed by atoms with Crippen LogP contribution in [0.4, 0.5) is 0 Å². The summed E-state index contributed by atoms with van der Waals surface area (Å²) in [5, 5.41) is 4.05. The fraction of sp³-hybridized carbons (Fsp3) is 0.0588. The number of benzene rings is 1. The van der Waals surface area contributed by atoms with E-state index in [1.807, 2.05) is 5.48 Å². The zero-order chi connectivity index (χ0) is 20.3. The number of esters is 1. The zero-order valence-corrected chi connectivity index (χ0v) is 15.5. The second-order valence-corrected chi connectivity index (χ2v) is 5.94. The molecule has 2 heterocycles. The third kappa shape index (κ3) is 3.71. The molecule has 11 heteroatoms. The number of aromatic nitrogens is 1. The predicted octanol–water partition coefficient (Wildman–Crippen LogP) is 3.53. The van der Waals surface area contributed by atoms with Crippen molar-refractivity contribution < 1.29 is 32.9 Å². The molecule has 3 aromatic rings. The van der Waals surface area contributed by atoms with Crippen LogP contribution in [0.1, 0.15) is 31.5 Å². The number of nitrogens with one attached hydrogen (secondary N) is 1. The molecule has 1 N–H and O–H groups in total. The van der Waals surface area contributed by atoms with Gasteiger partial charge in [-0.1, -0.05) is 34.4 Å². The van der Waals surface area contributed by atoms with Crippen LogP contribution in [0.3, 0.4) is 0 Å². The third-order valence-electron chi connectivity index (χ3n) is 3.45. The van der Waals surface area contributed by atoms with E-state index in [9.17, 15) is 14.4 Å². The predicted molar refractivity (Wildman–Crippen MR) is 94.9 cm³/mol. The Labute approximate surface area is 167 Å². The van der Waals surface area contributed by atoms with Crippen molar-refractivity contribution in [3.63, 3.8) is 0 Å². The van der Waals surface area contributed by atoms with Crippen molar-refractivity contribution in [1.82, 2.24) is 10.6 Å². The van der Waals surface area contributed by atoms with Gasteiger partial charge in [-0.05, 0) is 24.3 Å². The highest BCUT2D eigenvalue weighted by atomic mass is 35.5. The normalized spacial score (nSPS) is 10.4. The van der Waals surface area contributed by atoms with E-state index >= 15 is 0 Å². The molecule has 0 radical (unpaired) electrons. The van der Waals surface area contributed by atoms with Crippen LogP contribution in [0.25, 0.3) is 11.3 Å². The topological polar surface area (TPSA) is 121 Å². The molecule has 0 unspecified atom stereocenters. The zero-order valence-electron chi connectivity index (χ0n) is 14.0. The van der Waals surface area contributed by atoms with Gasteiger partial charge in [-0.25, -0.2) is 9.59 Å². The quantitative estimate of drug-likeness (QED) is 0.498. The number of halogens is 2. The van der Waals surface area contributed by atoms with Crippen LogP contribution in [0.5, 0.6) is 0 Å². The Morgan fingerprint density at radius 2 is 1.79 bits per heavy atom. The summed E-state index contributed by atoms with van der Waals surface area (Å²) in [6.45, 7) is 0. The second kappa shape index (κ2) is 8.15. The Balaban J connectivity index is 1.93. The first kappa shape index (κ1) is 19.5. The number of carbonyl (C=O) groups excluding carboxylic acids is 3. The minimum absolute atomic E-state index is 0.107. The summed E-state index contributed by atoms with van der Waals surface area (Å²) >= 11 is 12.3. The number of nitrogens with zero attached hydrogens (tertiary/aromatic N) is 1. The van der Waals surface area contributed by atoms with Gasteiger partial charge >= 0.3 is 17.8 Å². The molecule has 0 aliphatic carbocycles. The Morgan fingerprint density at radius 1 is 1.07 bits per heavy atom. The van der Waals surface area contributed by atoms with Gasteiger partial charge in [0, 0.05) is 5.56 Å². The summed E-state index contributed by atoms with van der Waals surface area (Å²) in [7, 11) is 1.10. The third-order valence-corrected chi connectivity index (χ3v) is 4.08. The first-order chi connectivity index (χ1) is 13.4. The molecule has 0 saturated heterocycles. The second-order valence-electron chi connectivity index (χ2n) is 5.12. The molecule has 0 fully saturated rings. The molecule has 2 aromatic heterocycles. The minimum Gasteiger partial charge on any atom is -0.465 e. The molecule has 1 aromatic carbocycles. The maximum absolute atomic E-state index is 12.3. The largest absolute Gasteiger partial charge is 0.465 e. The van der Waals surface area contributed by atoms with E-state index in [1.165, 1.54) is 30.5 Å². The van der Waals surface area contributed by atoms with Crippen molar-refractivity contribution in [3.8, 4) is 11.3 Å². The van der Waals surface area contributed by atoms with Crippen molar-refractivity contribution >= 4 is 41.0 Å². The fourth-order valence-corrected chi connectivity index (χ4v) is 2.79. The highest BCUT2D eigenvalue weighted by Crippen LogP contribution is 2.37. The van der Waals surface area contributed by atoms with Gasteiger partial charge in [-0.15, -0.1) is 0 Å². The summed E-state index contributed by atoms with van der Waals surface area (Å²) in [5.41, 5.74) is 1.56. The van der Waals surface area contributed by atoms with E-state index in [2.05, 4.69) is 14.7 Å².